The van der Waals surface area contributed by atoms with Crippen molar-refractivity contribution in [3.8, 4) is 0 Å². The molecule has 1 amide bonds. The molecule has 0 fully saturated rings. The number of carboxylic acids is 1. The van der Waals surface area contributed by atoms with Crippen LogP contribution in [0.5, 0.6) is 0 Å². The van der Waals surface area contributed by atoms with Crippen LogP contribution in [0.15, 0.2) is 54.6 Å². The van der Waals surface area contributed by atoms with Crippen LogP contribution in [-0.4, -0.2) is 17.2 Å². The van der Waals surface area contributed by atoms with E-state index in [0.29, 0.717) is 10.6 Å². The van der Waals surface area contributed by atoms with Gasteiger partial charge in [-0.3, -0.25) is 4.79 Å². The van der Waals surface area contributed by atoms with Gasteiger partial charge < -0.3 is 15.2 Å². The first-order valence-corrected chi connectivity index (χ1v) is 7.37. The molecule has 0 aliphatic rings. The second kappa shape index (κ2) is 8.19. The molecule has 1 atom stereocenters. The Bertz CT molecular complexity index is 675. The number of nitrogens with one attached hydrogen (secondary N) is 1. The summed E-state index contributed by atoms with van der Waals surface area (Å²) in [6.07, 6.45) is -0.944. The zero-order valence-electron chi connectivity index (χ0n) is 12.2. The Labute approximate surface area is 138 Å². The fourth-order valence-electron chi connectivity index (χ4n) is 2.06. The van der Waals surface area contributed by atoms with Gasteiger partial charge in [-0.25, -0.2) is 4.79 Å². The third kappa shape index (κ3) is 5.64. The Morgan fingerprint density at radius 3 is 2.52 bits per heavy atom. The van der Waals surface area contributed by atoms with Gasteiger partial charge in [-0.15, -0.1) is 0 Å². The predicted molar refractivity (Wildman–Crippen MR) is 86.2 cm³/mol. The Morgan fingerprint density at radius 2 is 1.87 bits per heavy atom. The fourth-order valence-corrected chi connectivity index (χ4v) is 2.26. The van der Waals surface area contributed by atoms with Crippen LogP contribution in [0.1, 0.15) is 23.6 Å². The Kier molecular flexibility index (Phi) is 6.00. The number of rotatable bonds is 6. The largest absolute Gasteiger partial charge is 0.481 e. The number of hydrogen-bond donors (Lipinski definition) is 2. The van der Waals surface area contributed by atoms with Crippen LogP contribution < -0.4 is 5.32 Å². The predicted octanol–water partition coefficient (Wildman–Crippen LogP) is 3.78. The van der Waals surface area contributed by atoms with Crippen molar-refractivity contribution < 1.29 is 19.4 Å². The average Bonchev–Trinajstić information content (AvgIpc) is 2.53. The molecule has 0 saturated carbocycles. The lowest BCUT2D eigenvalue weighted by Gasteiger charge is -2.17. The summed E-state index contributed by atoms with van der Waals surface area (Å²) in [7, 11) is 0. The van der Waals surface area contributed by atoms with Crippen molar-refractivity contribution in [3.63, 3.8) is 0 Å². The molecule has 0 radical (unpaired) electrons. The number of amides is 1. The first kappa shape index (κ1) is 16.8. The summed E-state index contributed by atoms with van der Waals surface area (Å²) in [5.41, 5.74) is 1.46. The maximum Gasteiger partial charge on any atom is 0.407 e. The highest BCUT2D eigenvalue weighted by atomic mass is 35.5. The van der Waals surface area contributed by atoms with E-state index in [0.717, 1.165) is 5.56 Å². The third-order valence-corrected chi connectivity index (χ3v) is 3.37. The van der Waals surface area contributed by atoms with Gasteiger partial charge in [0.15, 0.2) is 0 Å². The minimum atomic E-state index is -1.03. The molecule has 0 heterocycles. The maximum absolute atomic E-state index is 11.9. The first-order valence-electron chi connectivity index (χ1n) is 6.99. The van der Waals surface area contributed by atoms with Crippen LogP contribution in [0.25, 0.3) is 0 Å². The summed E-state index contributed by atoms with van der Waals surface area (Å²) in [6.45, 7) is 0.113. The molecular weight excluding hydrogens is 318 g/mol. The molecule has 23 heavy (non-hydrogen) atoms. The lowest BCUT2D eigenvalue weighted by atomic mass is 10.0. The van der Waals surface area contributed by atoms with Crippen molar-refractivity contribution >= 4 is 23.7 Å². The summed E-state index contributed by atoms with van der Waals surface area (Å²) in [6, 6.07) is 15.2. The Balaban J connectivity index is 1.99. The van der Waals surface area contributed by atoms with E-state index in [9.17, 15) is 9.59 Å². The van der Waals surface area contributed by atoms with Crippen molar-refractivity contribution in [1.82, 2.24) is 5.32 Å². The number of aliphatic carboxylic acids is 1. The molecule has 2 aromatic carbocycles. The smallest absolute Gasteiger partial charge is 0.407 e. The molecule has 0 aliphatic carbocycles. The molecule has 5 nitrogen and oxygen atoms in total. The van der Waals surface area contributed by atoms with Gasteiger partial charge in [-0.2, -0.15) is 0 Å². The molecule has 120 valence electrons. The molecule has 2 aromatic rings. The molecule has 2 rings (SSSR count). The zero-order valence-corrected chi connectivity index (χ0v) is 13.0. The number of halogens is 1. The Morgan fingerprint density at radius 1 is 1.13 bits per heavy atom. The molecule has 0 spiro atoms. The van der Waals surface area contributed by atoms with Gasteiger partial charge in [0.2, 0.25) is 0 Å². The molecule has 0 aromatic heterocycles. The van der Waals surface area contributed by atoms with E-state index in [1.807, 2.05) is 30.3 Å². The van der Waals surface area contributed by atoms with Crippen LogP contribution in [0.4, 0.5) is 4.79 Å². The van der Waals surface area contributed by atoms with Crippen LogP contribution in [0.2, 0.25) is 5.02 Å². The van der Waals surface area contributed by atoms with E-state index in [-0.39, 0.29) is 13.0 Å². The monoisotopic (exact) mass is 333 g/mol. The van der Waals surface area contributed by atoms with E-state index < -0.39 is 18.1 Å². The van der Waals surface area contributed by atoms with Crippen LogP contribution in [-0.2, 0) is 16.1 Å². The molecule has 0 saturated heterocycles. The topological polar surface area (TPSA) is 75.6 Å². The van der Waals surface area contributed by atoms with Gasteiger partial charge in [0.05, 0.1) is 12.5 Å². The van der Waals surface area contributed by atoms with Crippen molar-refractivity contribution in [3.05, 3.63) is 70.7 Å². The SMILES string of the molecule is O=C(O)C[C@H](NC(=O)OCc1ccccc1)c1cccc(Cl)c1. The van der Waals surface area contributed by atoms with Gasteiger partial charge in [-0.05, 0) is 23.3 Å². The highest BCUT2D eigenvalue weighted by Crippen LogP contribution is 2.21. The number of carbonyl (C=O) groups is 2. The number of benzene rings is 2. The van der Waals surface area contributed by atoms with Gasteiger partial charge in [-0.1, -0.05) is 54.1 Å². The molecule has 2 N–H and O–H groups in total. The minimum Gasteiger partial charge on any atom is -0.481 e. The number of hydrogen-bond acceptors (Lipinski definition) is 3. The van der Waals surface area contributed by atoms with Crippen molar-refractivity contribution in [1.29, 1.82) is 0 Å². The van der Waals surface area contributed by atoms with Gasteiger partial charge in [0.1, 0.15) is 6.61 Å². The summed E-state index contributed by atoms with van der Waals surface area (Å²) >= 11 is 5.91. The molecule has 0 bridgehead atoms. The van der Waals surface area contributed by atoms with Crippen LogP contribution in [0.3, 0.4) is 0 Å². The highest BCUT2D eigenvalue weighted by molar-refractivity contribution is 6.30. The second-order valence-corrected chi connectivity index (χ2v) is 5.35. The van der Waals surface area contributed by atoms with E-state index in [2.05, 4.69) is 5.32 Å². The van der Waals surface area contributed by atoms with Crippen LogP contribution >= 0.6 is 11.6 Å². The number of ether oxygens (including phenoxy) is 1. The minimum absolute atomic E-state index is 0.113. The zero-order chi connectivity index (χ0) is 16.7. The lowest BCUT2D eigenvalue weighted by molar-refractivity contribution is -0.137. The van der Waals surface area contributed by atoms with Gasteiger partial charge >= 0.3 is 12.1 Å². The van der Waals surface area contributed by atoms with E-state index >= 15 is 0 Å². The van der Waals surface area contributed by atoms with Gasteiger partial charge in [0.25, 0.3) is 0 Å². The van der Waals surface area contributed by atoms with Crippen LogP contribution in [0, 0.1) is 0 Å². The molecule has 6 heteroatoms. The summed E-state index contributed by atoms with van der Waals surface area (Å²) in [4.78, 5) is 22.9. The standard InChI is InChI=1S/C17H16ClNO4/c18-14-8-4-7-13(9-14)15(10-16(20)21)19-17(22)23-11-12-5-2-1-3-6-12/h1-9,15H,10-11H2,(H,19,22)(H,20,21)/t15-/m0/s1. The number of carbonyl (C=O) groups excluding carboxylic acids is 1. The molecule has 0 aliphatic heterocycles. The van der Waals surface area contributed by atoms with E-state index in [1.165, 1.54) is 0 Å². The summed E-state index contributed by atoms with van der Waals surface area (Å²) in [5.74, 6) is -1.03. The van der Waals surface area contributed by atoms with E-state index in [4.69, 9.17) is 21.4 Å². The number of carboxylic acid groups (broad SMARTS) is 1. The fraction of sp³-hybridized carbons (Fsp3) is 0.176. The highest BCUT2D eigenvalue weighted by Gasteiger charge is 2.19. The molecular formula is C17H16ClNO4. The summed E-state index contributed by atoms with van der Waals surface area (Å²) in [5, 5.41) is 12.0. The van der Waals surface area contributed by atoms with Crippen molar-refractivity contribution in [2.45, 2.75) is 19.1 Å². The summed E-state index contributed by atoms with van der Waals surface area (Å²) < 4.78 is 5.12. The normalized spacial score (nSPS) is 11.5. The maximum atomic E-state index is 11.9. The second-order valence-electron chi connectivity index (χ2n) is 4.91. The lowest BCUT2D eigenvalue weighted by Crippen LogP contribution is -2.30. The first-order chi connectivity index (χ1) is 11.0. The number of alkyl carbamates (subject to hydrolysis) is 1. The average molecular weight is 334 g/mol. The quantitative estimate of drug-likeness (QED) is 0.843. The molecule has 0 unspecified atom stereocenters. The van der Waals surface area contributed by atoms with Crippen molar-refractivity contribution in [2.24, 2.45) is 0 Å². The third-order valence-electron chi connectivity index (χ3n) is 3.13. The Hall–Kier alpha value is -2.53. The van der Waals surface area contributed by atoms with Crippen molar-refractivity contribution in [2.75, 3.05) is 0 Å². The van der Waals surface area contributed by atoms with Gasteiger partial charge in [0, 0.05) is 5.02 Å². The van der Waals surface area contributed by atoms with E-state index in [1.54, 1.807) is 24.3 Å².